The van der Waals surface area contributed by atoms with Crippen molar-refractivity contribution < 1.29 is 23.5 Å². The van der Waals surface area contributed by atoms with Crippen LogP contribution in [-0.2, 0) is 0 Å². The summed E-state index contributed by atoms with van der Waals surface area (Å²) in [6.07, 6.45) is 0.399. The number of amides is 2. The largest absolute Gasteiger partial charge is 0.389 e. The van der Waals surface area contributed by atoms with Crippen LogP contribution in [0, 0.1) is 0 Å². The highest BCUT2D eigenvalue weighted by Gasteiger charge is 2.32. The van der Waals surface area contributed by atoms with Crippen molar-refractivity contribution in [2.75, 3.05) is 13.1 Å². The molecule has 1 fully saturated rings. The summed E-state index contributed by atoms with van der Waals surface area (Å²) in [5.41, 5.74) is 0.375. The van der Waals surface area contributed by atoms with E-state index in [-0.39, 0.29) is 18.1 Å². The SMILES string of the molecule is O=C(N[C@@H]1CCN(C(=O)c2ccccc2)C[C@H]1O)c1ccn(C(F)F)n1. The number of nitrogens with zero attached hydrogens (tertiary/aromatic N) is 3. The summed E-state index contributed by atoms with van der Waals surface area (Å²) in [5.74, 6) is -0.832. The monoisotopic (exact) mass is 364 g/mol. The lowest BCUT2D eigenvalue weighted by atomic mass is 10.0. The second-order valence-corrected chi connectivity index (χ2v) is 6.01. The highest BCUT2D eigenvalue weighted by molar-refractivity contribution is 5.94. The maximum atomic E-state index is 12.5. The summed E-state index contributed by atoms with van der Waals surface area (Å²) in [4.78, 5) is 26.0. The molecular formula is C17H18F2N4O3. The van der Waals surface area contributed by atoms with Crippen molar-refractivity contribution in [3.63, 3.8) is 0 Å². The van der Waals surface area contributed by atoms with Gasteiger partial charge in [0.15, 0.2) is 0 Å². The van der Waals surface area contributed by atoms with E-state index in [9.17, 15) is 23.5 Å². The lowest BCUT2D eigenvalue weighted by Gasteiger charge is -2.36. The van der Waals surface area contributed by atoms with Crippen molar-refractivity contribution in [2.45, 2.75) is 25.1 Å². The number of likely N-dealkylation sites (tertiary alicyclic amines) is 1. The zero-order valence-corrected chi connectivity index (χ0v) is 13.8. The Balaban J connectivity index is 1.58. The van der Waals surface area contributed by atoms with Crippen LogP contribution in [0.5, 0.6) is 0 Å². The van der Waals surface area contributed by atoms with Crippen molar-refractivity contribution in [3.8, 4) is 0 Å². The second-order valence-electron chi connectivity index (χ2n) is 6.01. The molecule has 2 amide bonds. The van der Waals surface area contributed by atoms with E-state index in [2.05, 4.69) is 10.4 Å². The van der Waals surface area contributed by atoms with Gasteiger partial charge < -0.3 is 15.3 Å². The highest BCUT2D eigenvalue weighted by Crippen LogP contribution is 2.16. The average molecular weight is 364 g/mol. The van der Waals surface area contributed by atoms with Crippen LogP contribution in [0.15, 0.2) is 42.6 Å². The molecule has 0 aliphatic carbocycles. The van der Waals surface area contributed by atoms with Gasteiger partial charge in [0.05, 0.1) is 12.1 Å². The molecule has 0 bridgehead atoms. The minimum atomic E-state index is -2.82. The zero-order valence-electron chi connectivity index (χ0n) is 13.8. The number of carbonyl (C=O) groups is 2. The first kappa shape index (κ1) is 18.0. The van der Waals surface area contributed by atoms with Gasteiger partial charge in [-0.1, -0.05) is 18.2 Å². The molecule has 9 heteroatoms. The average Bonchev–Trinajstić information content (AvgIpc) is 3.14. The van der Waals surface area contributed by atoms with E-state index in [1.807, 2.05) is 6.07 Å². The van der Waals surface area contributed by atoms with Gasteiger partial charge in [-0.15, -0.1) is 0 Å². The Morgan fingerprint density at radius 2 is 1.96 bits per heavy atom. The lowest BCUT2D eigenvalue weighted by Crippen LogP contribution is -2.55. The summed E-state index contributed by atoms with van der Waals surface area (Å²) < 4.78 is 25.4. The quantitative estimate of drug-likeness (QED) is 0.856. The fourth-order valence-electron chi connectivity index (χ4n) is 2.86. The van der Waals surface area contributed by atoms with Crippen molar-refractivity contribution >= 4 is 11.8 Å². The molecule has 0 radical (unpaired) electrons. The van der Waals surface area contributed by atoms with E-state index in [4.69, 9.17) is 0 Å². The number of β-amino-alcohol motifs (C(OH)–C–C–N with tert-alkyl or cyclic N) is 1. The third kappa shape index (κ3) is 3.88. The van der Waals surface area contributed by atoms with Crippen LogP contribution < -0.4 is 5.32 Å². The van der Waals surface area contributed by atoms with Gasteiger partial charge in [0, 0.05) is 24.8 Å². The Labute approximate surface area is 148 Å². The number of carbonyl (C=O) groups excluding carboxylic acids is 2. The van der Waals surface area contributed by atoms with Crippen molar-refractivity contribution in [2.24, 2.45) is 0 Å². The highest BCUT2D eigenvalue weighted by atomic mass is 19.3. The molecule has 1 aliphatic rings. The number of aliphatic hydroxyl groups excluding tert-OH is 1. The number of hydrogen-bond donors (Lipinski definition) is 2. The molecule has 26 heavy (non-hydrogen) atoms. The third-order valence-electron chi connectivity index (χ3n) is 4.25. The number of aliphatic hydroxyl groups is 1. The van der Waals surface area contributed by atoms with Gasteiger partial charge >= 0.3 is 6.55 Å². The Morgan fingerprint density at radius 1 is 1.23 bits per heavy atom. The maximum Gasteiger partial charge on any atom is 0.333 e. The molecule has 1 aliphatic heterocycles. The van der Waals surface area contributed by atoms with E-state index in [1.165, 1.54) is 11.0 Å². The predicted molar refractivity (Wildman–Crippen MR) is 87.7 cm³/mol. The molecule has 0 saturated carbocycles. The van der Waals surface area contributed by atoms with Gasteiger partial charge in [0.1, 0.15) is 5.69 Å². The molecule has 2 aromatic rings. The molecule has 2 heterocycles. The van der Waals surface area contributed by atoms with E-state index >= 15 is 0 Å². The second kappa shape index (κ2) is 7.61. The first-order valence-corrected chi connectivity index (χ1v) is 8.12. The van der Waals surface area contributed by atoms with Gasteiger partial charge in [-0.05, 0) is 24.6 Å². The van der Waals surface area contributed by atoms with Crippen LogP contribution in [0.4, 0.5) is 8.78 Å². The molecule has 3 rings (SSSR count). The number of rotatable bonds is 4. The smallest absolute Gasteiger partial charge is 0.333 e. The van der Waals surface area contributed by atoms with Gasteiger partial charge in [-0.3, -0.25) is 9.59 Å². The van der Waals surface area contributed by atoms with E-state index in [1.54, 1.807) is 24.3 Å². The number of alkyl halides is 2. The first-order valence-electron chi connectivity index (χ1n) is 8.12. The number of benzene rings is 1. The van der Waals surface area contributed by atoms with Crippen LogP contribution in [0.25, 0.3) is 0 Å². The number of hydrogen-bond acceptors (Lipinski definition) is 4. The molecule has 2 N–H and O–H groups in total. The summed E-state index contributed by atoms with van der Waals surface area (Å²) in [6.45, 7) is -2.39. The molecule has 138 valence electrons. The molecule has 0 unspecified atom stereocenters. The number of nitrogens with one attached hydrogen (secondary N) is 1. The minimum Gasteiger partial charge on any atom is -0.389 e. The Morgan fingerprint density at radius 3 is 2.58 bits per heavy atom. The number of halogens is 2. The van der Waals surface area contributed by atoms with Gasteiger partial charge in [-0.2, -0.15) is 13.9 Å². The molecule has 1 aromatic heterocycles. The van der Waals surface area contributed by atoms with Crippen LogP contribution in [0.1, 0.15) is 33.8 Å². The van der Waals surface area contributed by atoms with E-state index < -0.39 is 24.6 Å². The molecule has 1 aromatic carbocycles. The van der Waals surface area contributed by atoms with Crippen LogP contribution in [-0.4, -0.2) is 56.8 Å². The maximum absolute atomic E-state index is 12.5. The van der Waals surface area contributed by atoms with Crippen LogP contribution in [0.2, 0.25) is 0 Å². The summed E-state index contributed by atoms with van der Waals surface area (Å²) in [6, 6.07) is 9.32. The molecule has 7 nitrogen and oxygen atoms in total. The number of piperidine rings is 1. The van der Waals surface area contributed by atoms with Crippen molar-refractivity contribution in [1.29, 1.82) is 0 Å². The van der Waals surface area contributed by atoms with Gasteiger partial charge in [0.2, 0.25) is 0 Å². The van der Waals surface area contributed by atoms with E-state index in [0.29, 0.717) is 23.2 Å². The minimum absolute atomic E-state index is 0.0736. The molecule has 0 spiro atoms. The number of aromatic nitrogens is 2. The molecular weight excluding hydrogens is 346 g/mol. The Bertz CT molecular complexity index is 781. The van der Waals surface area contributed by atoms with Gasteiger partial charge in [-0.25, -0.2) is 4.68 Å². The Hall–Kier alpha value is -2.81. The topological polar surface area (TPSA) is 87.5 Å². The fraction of sp³-hybridized carbons (Fsp3) is 0.353. The van der Waals surface area contributed by atoms with Gasteiger partial charge in [0.25, 0.3) is 11.8 Å². The van der Waals surface area contributed by atoms with Crippen LogP contribution in [0.3, 0.4) is 0 Å². The van der Waals surface area contributed by atoms with Crippen molar-refractivity contribution in [1.82, 2.24) is 20.0 Å². The standard InChI is InChI=1S/C17H18F2N4O3/c18-17(19)23-9-7-13(21-23)15(25)20-12-6-8-22(10-14(12)24)16(26)11-4-2-1-3-5-11/h1-5,7,9,12,14,17,24H,6,8,10H2,(H,20,25)/t12-,14-/m1/s1. The third-order valence-corrected chi connectivity index (χ3v) is 4.25. The molecule has 1 saturated heterocycles. The van der Waals surface area contributed by atoms with Crippen molar-refractivity contribution in [3.05, 3.63) is 53.9 Å². The van der Waals surface area contributed by atoms with Crippen LogP contribution >= 0.6 is 0 Å². The summed E-state index contributed by atoms with van der Waals surface area (Å²) in [5, 5.41) is 16.4. The first-order chi connectivity index (χ1) is 12.5. The van der Waals surface area contributed by atoms with E-state index in [0.717, 1.165) is 6.20 Å². The normalized spacial score (nSPS) is 20.2. The Kier molecular flexibility index (Phi) is 5.27. The predicted octanol–water partition coefficient (Wildman–Crippen LogP) is 1.28. The fourth-order valence-corrected chi connectivity index (χ4v) is 2.86. The zero-order chi connectivity index (χ0) is 18.7. The molecule has 2 atom stereocenters. The summed E-state index contributed by atoms with van der Waals surface area (Å²) >= 11 is 0. The summed E-state index contributed by atoms with van der Waals surface area (Å²) in [7, 11) is 0. The lowest BCUT2D eigenvalue weighted by molar-refractivity contribution is 0.0313.